The molecule has 1 fully saturated rings. The quantitative estimate of drug-likeness (QED) is 0.869. The molecule has 1 aromatic heterocycles. The molecule has 16 heavy (non-hydrogen) atoms. The molecule has 0 bridgehead atoms. The molecule has 2 nitrogen and oxygen atoms in total. The highest BCUT2D eigenvalue weighted by Crippen LogP contribution is 2.26. The van der Waals surface area contributed by atoms with Gasteiger partial charge in [0.05, 0.1) is 12.0 Å². The van der Waals surface area contributed by atoms with E-state index in [1.54, 1.807) is 18.4 Å². The third-order valence-corrected chi connectivity index (χ3v) is 4.39. The van der Waals surface area contributed by atoms with E-state index in [-0.39, 0.29) is 0 Å². The van der Waals surface area contributed by atoms with Crippen molar-refractivity contribution in [3.63, 3.8) is 0 Å². The van der Waals surface area contributed by atoms with Crippen LogP contribution in [-0.4, -0.2) is 13.2 Å². The van der Waals surface area contributed by atoms with Crippen LogP contribution in [0.2, 0.25) is 0 Å². The maximum atomic E-state index is 5.31. The predicted molar refractivity (Wildman–Crippen MR) is 69.1 cm³/mol. The maximum absolute atomic E-state index is 5.31. The van der Waals surface area contributed by atoms with E-state index in [0.717, 1.165) is 18.2 Å². The van der Waals surface area contributed by atoms with Gasteiger partial charge in [-0.05, 0) is 43.0 Å². The standard InChI is InChI=1S/C13H21NOS/c1-10-3-5-11(6-4-10)14-9-13-12(15-2)7-8-16-13/h7-8,10-11,14H,3-6,9H2,1-2H3. The Balaban J connectivity index is 1.79. The molecule has 1 aromatic rings. The van der Waals surface area contributed by atoms with Gasteiger partial charge in [-0.1, -0.05) is 6.92 Å². The Morgan fingerprint density at radius 1 is 1.38 bits per heavy atom. The van der Waals surface area contributed by atoms with Gasteiger partial charge in [0.25, 0.3) is 0 Å². The molecular weight excluding hydrogens is 218 g/mol. The van der Waals surface area contributed by atoms with E-state index < -0.39 is 0 Å². The molecule has 0 spiro atoms. The summed E-state index contributed by atoms with van der Waals surface area (Å²) in [4.78, 5) is 1.32. The summed E-state index contributed by atoms with van der Waals surface area (Å²) in [5.74, 6) is 1.95. The molecule has 0 atom stereocenters. The first kappa shape index (κ1) is 11.9. The van der Waals surface area contributed by atoms with E-state index in [1.165, 1.54) is 30.6 Å². The van der Waals surface area contributed by atoms with Crippen LogP contribution in [0, 0.1) is 5.92 Å². The Hall–Kier alpha value is -0.540. The number of methoxy groups -OCH3 is 1. The summed E-state index contributed by atoms with van der Waals surface area (Å²) in [5, 5.41) is 5.75. The smallest absolute Gasteiger partial charge is 0.134 e. The van der Waals surface area contributed by atoms with Crippen molar-refractivity contribution in [3.05, 3.63) is 16.3 Å². The van der Waals surface area contributed by atoms with E-state index in [2.05, 4.69) is 17.6 Å². The van der Waals surface area contributed by atoms with E-state index in [9.17, 15) is 0 Å². The van der Waals surface area contributed by atoms with Crippen LogP contribution in [0.15, 0.2) is 11.4 Å². The third-order valence-electron chi connectivity index (χ3n) is 3.49. The Morgan fingerprint density at radius 3 is 2.81 bits per heavy atom. The van der Waals surface area contributed by atoms with E-state index in [0.29, 0.717) is 6.04 Å². The summed E-state index contributed by atoms with van der Waals surface area (Å²) < 4.78 is 5.31. The molecule has 0 saturated heterocycles. The largest absolute Gasteiger partial charge is 0.496 e. The molecule has 0 aromatic carbocycles. The van der Waals surface area contributed by atoms with Gasteiger partial charge in [0.1, 0.15) is 5.75 Å². The second-order valence-corrected chi connectivity index (χ2v) is 5.75. The summed E-state index contributed by atoms with van der Waals surface area (Å²) in [6.45, 7) is 3.32. The molecule has 1 aliphatic carbocycles. The van der Waals surface area contributed by atoms with E-state index in [4.69, 9.17) is 4.74 Å². The minimum Gasteiger partial charge on any atom is -0.496 e. The van der Waals surface area contributed by atoms with Crippen LogP contribution in [0.3, 0.4) is 0 Å². The number of hydrogen-bond acceptors (Lipinski definition) is 3. The van der Waals surface area contributed by atoms with Crippen LogP contribution < -0.4 is 10.1 Å². The van der Waals surface area contributed by atoms with E-state index >= 15 is 0 Å². The molecule has 1 heterocycles. The monoisotopic (exact) mass is 239 g/mol. The van der Waals surface area contributed by atoms with Crippen LogP contribution >= 0.6 is 11.3 Å². The highest BCUT2D eigenvalue weighted by atomic mass is 32.1. The average molecular weight is 239 g/mol. The molecular formula is C13H21NOS. The third kappa shape index (κ3) is 2.98. The summed E-state index contributed by atoms with van der Waals surface area (Å²) in [5.41, 5.74) is 0. The van der Waals surface area contributed by atoms with Crippen LogP contribution in [0.4, 0.5) is 0 Å². The first-order chi connectivity index (χ1) is 7.79. The first-order valence-corrected chi connectivity index (χ1v) is 7.01. The Morgan fingerprint density at radius 2 is 2.12 bits per heavy atom. The lowest BCUT2D eigenvalue weighted by molar-refractivity contribution is 0.306. The van der Waals surface area contributed by atoms with Crippen molar-refractivity contribution in [2.75, 3.05) is 7.11 Å². The average Bonchev–Trinajstić information content (AvgIpc) is 2.76. The molecule has 1 aliphatic rings. The van der Waals surface area contributed by atoms with Gasteiger partial charge in [-0.3, -0.25) is 0 Å². The Kier molecular flexibility index (Phi) is 4.24. The van der Waals surface area contributed by atoms with Crippen molar-refractivity contribution >= 4 is 11.3 Å². The highest BCUT2D eigenvalue weighted by molar-refractivity contribution is 7.10. The topological polar surface area (TPSA) is 21.3 Å². The Labute approximate surface area is 102 Å². The molecule has 0 radical (unpaired) electrons. The lowest BCUT2D eigenvalue weighted by Gasteiger charge is -2.26. The van der Waals surface area contributed by atoms with Crippen molar-refractivity contribution in [3.8, 4) is 5.75 Å². The molecule has 0 unspecified atom stereocenters. The van der Waals surface area contributed by atoms with Gasteiger partial charge in [-0.15, -0.1) is 11.3 Å². The van der Waals surface area contributed by atoms with Gasteiger partial charge in [-0.2, -0.15) is 0 Å². The lowest BCUT2D eigenvalue weighted by atomic mass is 9.87. The van der Waals surface area contributed by atoms with Gasteiger partial charge < -0.3 is 10.1 Å². The SMILES string of the molecule is COc1ccsc1CNC1CCC(C)CC1. The number of thiophene rings is 1. The minimum absolute atomic E-state index is 0.711. The first-order valence-electron chi connectivity index (χ1n) is 6.13. The lowest BCUT2D eigenvalue weighted by Crippen LogP contribution is -2.32. The maximum Gasteiger partial charge on any atom is 0.134 e. The molecule has 0 amide bonds. The van der Waals surface area contributed by atoms with Crippen molar-refractivity contribution in [1.82, 2.24) is 5.32 Å². The summed E-state index contributed by atoms with van der Waals surface area (Å²) in [6, 6.07) is 2.76. The predicted octanol–water partition coefficient (Wildman–Crippen LogP) is 3.43. The summed E-state index contributed by atoms with van der Waals surface area (Å²) in [7, 11) is 1.74. The molecule has 0 aliphatic heterocycles. The molecule has 2 rings (SSSR count). The van der Waals surface area contributed by atoms with Crippen molar-refractivity contribution < 1.29 is 4.74 Å². The zero-order valence-electron chi connectivity index (χ0n) is 10.2. The summed E-state index contributed by atoms with van der Waals surface area (Å²) in [6.07, 6.45) is 5.40. The number of hydrogen-bond donors (Lipinski definition) is 1. The highest BCUT2D eigenvalue weighted by Gasteiger charge is 2.18. The second kappa shape index (κ2) is 5.69. The van der Waals surface area contributed by atoms with Gasteiger partial charge in [0.15, 0.2) is 0 Å². The van der Waals surface area contributed by atoms with Gasteiger partial charge in [-0.25, -0.2) is 0 Å². The van der Waals surface area contributed by atoms with Gasteiger partial charge in [0.2, 0.25) is 0 Å². The molecule has 3 heteroatoms. The fourth-order valence-corrected chi connectivity index (χ4v) is 3.13. The van der Waals surface area contributed by atoms with Gasteiger partial charge >= 0.3 is 0 Å². The molecule has 90 valence electrons. The second-order valence-electron chi connectivity index (χ2n) is 4.75. The molecule has 1 saturated carbocycles. The fraction of sp³-hybridized carbons (Fsp3) is 0.692. The zero-order chi connectivity index (χ0) is 11.4. The normalized spacial score (nSPS) is 25.6. The van der Waals surface area contributed by atoms with Crippen LogP contribution in [0.25, 0.3) is 0 Å². The Bertz CT molecular complexity index is 315. The van der Waals surface area contributed by atoms with Crippen LogP contribution in [-0.2, 0) is 6.54 Å². The zero-order valence-corrected chi connectivity index (χ0v) is 11.0. The minimum atomic E-state index is 0.711. The molecule has 1 N–H and O–H groups in total. The van der Waals surface area contributed by atoms with Gasteiger partial charge in [0, 0.05) is 12.6 Å². The number of ether oxygens (including phenoxy) is 1. The fourth-order valence-electron chi connectivity index (χ4n) is 2.34. The summed E-state index contributed by atoms with van der Waals surface area (Å²) >= 11 is 1.78. The van der Waals surface area contributed by atoms with Crippen molar-refractivity contribution in [2.45, 2.75) is 45.2 Å². The van der Waals surface area contributed by atoms with Crippen LogP contribution in [0.1, 0.15) is 37.5 Å². The number of nitrogens with one attached hydrogen (secondary N) is 1. The van der Waals surface area contributed by atoms with Crippen LogP contribution in [0.5, 0.6) is 5.75 Å². The van der Waals surface area contributed by atoms with Crippen molar-refractivity contribution in [1.29, 1.82) is 0 Å². The number of rotatable bonds is 4. The van der Waals surface area contributed by atoms with Crippen molar-refractivity contribution in [2.24, 2.45) is 5.92 Å². The van der Waals surface area contributed by atoms with E-state index in [1.807, 2.05) is 6.07 Å².